The Balaban J connectivity index is 1.36. The molecule has 2 aromatic rings. The number of ether oxygens (including phenoxy) is 1. The van der Waals surface area contributed by atoms with Crippen molar-refractivity contribution >= 4 is 6.21 Å². The molecule has 7 heteroatoms. The molecule has 3 rings (SSSR count). The van der Waals surface area contributed by atoms with Gasteiger partial charge in [0.1, 0.15) is 17.8 Å². The Morgan fingerprint density at radius 3 is 2.96 bits per heavy atom. The molecule has 0 bridgehead atoms. The molecule has 7 nitrogen and oxygen atoms in total. The molecule has 0 saturated carbocycles. The highest BCUT2D eigenvalue weighted by molar-refractivity contribution is 5.73. The molecule has 1 aromatic carbocycles. The number of benzene rings is 1. The van der Waals surface area contributed by atoms with Gasteiger partial charge < -0.3 is 9.94 Å². The van der Waals surface area contributed by atoms with E-state index in [0.717, 1.165) is 37.4 Å². The molecule has 1 aromatic heterocycles. The molecular formula is C19H27N5O2. The smallest absolute Gasteiger partial charge is 0.195 e. The number of H-pyrrole nitrogens is 1. The third kappa shape index (κ3) is 5.84. The fourth-order valence-electron chi connectivity index (χ4n) is 3.23. The number of aromatic nitrogens is 3. The van der Waals surface area contributed by atoms with Crippen LogP contribution in [0.5, 0.6) is 5.75 Å². The maximum Gasteiger partial charge on any atom is 0.195 e. The quantitative estimate of drug-likeness (QED) is 0.312. The van der Waals surface area contributed by atoms with E-state index in [9.17, 15) is 0 Å². The number of nitrogens with zero attached hydrogens (tertiary/aromatic N) is 4. The first-order chi connectivity index (χ1) is 12.8. The van der Waals surface area contributed by atoms with E-state index in [4.69, 9.17) is 9.94 Å². The molecule has 26 heavy (non-hydrogen) atoms. The zero-order valence-electron chi connectivity index (χ0n) is 15.1. The first kappa shape index (κ1) is 18.4. The number of nitrogens with one attached hydrogen (secondary N) is 1. The van der Waals surface area contributed by atoms with Crippen LogP contribution in [0.3, 0.4) is 0 Å². The fraction of sp³-hybridized carbons (Fsp3) is 0.526. The SMILES string of the molecule is ON=Cc1n[nH]c(CCCCOc2cccc(CN3CCCCC3)c2)n1. The van der Waals surface area contributed by atoms with Gasteiger partial charge in [0, 0.05) is 13.0 Å². The van der Waals surface area contributed by atoms with E-state index in [1.807, 2.05) is 6.07 Å². The van der Waals surface area contributed by atoms with Crippen LogP contribution in [0.15, 0.2) is 29.4 Å². The fourth-order valence-corrected chi connectivity index (χ4v) is 3.23. The maximum atomic E-state index is 8.45. The molecule has 0 aliphatic carbocycles. The minimum absolute atomic E-state index is 0.393. The third-order valence-corrected chi connectivity index (χ3v) is 4.55. The Morgan fingerprint density at radius 2 is 2.12 bits per heavy atom. The number of aryl methyl sites for hydroxylation is 1. The molecule has 1 aliphatic rings. The molecule has 0 amide bonds. The molecule has 2 heterocycles. The highest BCUT2D eigenvalue weighted by Gasteiger charge is 2.10. The average Bonchev–Trinajstić information content (AvgIpc) is 3.10. The van der Waals surface area contributed by atoms with Gasteiger partial charge in [-0.3, -0.25) is 10.00 Å². The Hall–Kier alpha value is -2.41. The molecule has 1 fully saturated rings. The summed E-state index contributed by atoms with van der Waals surface area (Å²) in [5.74, 6) is 2.13. The third-order valence-electron chi connectivity index (χ3n) is 4.55. The molecule has 0 unspecified atom stereocenters. The number of piperidine rings is 1. The number of likely N-dealkylation sites (tertiary alicyclic amines) is 1. The van der Waals surface area contributed by atoms with Crippen molar-refractivity contribution in [2.75, 3.05) is 19.7 Å². The lowest BCUT2D eigenvalue weighted by Gasteiger charge is -2.26. The molecule has 1 saturated heterocycles. The van der Waals surface area contributed by atoms with Crippen LogP contribution < -0.4 is 4.74 Å². The molecular weight excluding hydrogens is 330 g/mol. The average molecular weight is 357 g/mol. The van der Waals surface area contributed by atoms with Crippen LogP contribution in [0, 0.1) is 0 Å². The molecule has 1 aliphatic heterocycles. The van der Waals surface area contributed by atoms with Gasteiger partial charge in [-0.05, 0) is 56.5 Å². The lowest BCUT2D eigenvalue weighted by atomic mass is 10.1. The van der Waals surface area contributed by atoms with Crippen LogP contribution in [-0.2, 0) is 13.0 Å². The van der Waals surface area contributed by atoms with Crippen molar-refractivity contribution in [3.63, 3.8) is 0 Å². The van der Waals surface area contributed by atoms with Crippen LogP contribution in [0.25, 0.3) is 0 Å². The summed E-state index contributed by atoms with van der Waals surface area (Å²) in [5.41, 5.74) is 1.32. The number of aromatic amines is 1. The van der Waals surface area contributed by atoms with E-state index in [-0.39, 0.29) is 0 Å². The van der Waals surface area contributed by atoms with E-state index in [0.29, 0.717) is 12.4 Å². The van der Waals surface area contributed by atoms with E-state index in [2.05, 4.69) is 43.4 Å². The van der Waals surface area contributed by atoms with Crippen molar-refractivity contribution in [3.8, 4) is 5.75 Å². The summed E-state index contributed by atoms with van der Waals surface area (Å²) in [6.45, 7) is 4.12. The van der Waals surface area contributed by atoms with Crippen molar-refractivity contribution in [2.45, 2.75) is 45.1 Å². The maximum absolute atomic E-state index is 8.45. The van der Waals surface area contributed by atoms with Gasteiger partial charge in [0.25, 0.3) is 0 Å². The normalized spacial score (nSPS) is 15.5. The molecule has 2 N–H and O–H groups in total. The second-order valence-electron chi connectivity index (χ2n) is 6.67. The second-order valence-corrected chi connectivity index (χ2v) is 6.67. The summed E-state index contributed by atoms with van der Waals surface area (Å²) < 4.78 is 5.90. The first-order valence-corrected chi connectivity index (χ1v) is 9.36. The predicted molar refractivity (Wildman–Crippen MR) is 99.8 cm³/mol. The van der Waals surface area contributed by atoms with Crippen molar-refractivity contribution in [1.29, 1.82) is 0 Å². The van der Waals surface area contributed by atoms with E-state index in [1.165, 1.54) is 44.1 Å². The van der Waals surface area contributed by atoms with Crippen molar-refractivity contribution in [2.24, 2.45) is 5.16 Å². The van der Waals surface area contributed by atoms with Crippen LogP contribution >= 0.6 is 0 Å². The standard InChI is InChI=1S/C19H27N5O2/c25-20-14-19-21-18(22-23-19)9-2-5-12-26-17-8-6-7-16(13-17)15-24-10-3-1-4-11-24/h6-8,13-14,25H,1-5,9-12,15H2,(H,21,22,23). The summed E-state index contributed by atoms with van der Waals surface area (Å²) in [7, 11) is 0. The Labute approximate surface area is 154 Å². The number of hydrogen-bond donors (Lipinski definition) is 2. The summed E-state index contributed by atoms with van der Waals surface area (Å²) in [5, 5.41) is 18.1. The topological polar surface area (TPSA) is 86.6 Å². The van der Waals surface area contributed by atoms with Gasteiger partial charge in [0.05, 0.1) is 6.61 Å². The Bertz CT molecular complexity index is 695. The van der Waals surface area contributed by atoms with Crippen LogP contribution in [-0.4, -0.2) is 51.2 Å². The highest BCUT2D eigenvalue weighted by Crippen LogP contribution is 2.18. The minimum atomic E-state index is 0.393. The van der Waals surface area contributed by atoms with Gasteiger partial charge in [-0.1, -0.05) is 23.7 Å². The van der Waals surface area contributed by atoms with Crippen molar-refractivity contribution < 1.29 is 9.94 Å². The van der Waals surface area contributed by atoms with Gasteiger partial charge in [0.2, 0.25) is 0 Å². The van der Waals surface area contributed by atoms with E-state index < -0.39 is 0 Å². The summed E-state index contributed by atoms with van der Waals surface area (Å²) in [4.78, 5) is 6.72. The summed E-state index contributed by atoms with van der Waals surface area (Å²) in [6, 6.07) is 8.44. The molecule has 0 spiro atoms. The summed E-state index contributed by atoms with van der Waals surface area (Å²) in [6.07, 6.45) is 7.90. The van der Waals surface area contributed by atoms with Gasteiger partial charge >= 0.3 is 0 Å². The highest BCUT2D eigenvalue weighted by atomic mass is 16.5. The largest absolute Gasteiger partial charge is 0.494 e. The van der Waals surface area contributed by atoms with Crippen LogP contribution in [0.1, 0.15) is 49.3 Å². The van der Waals surface area contributed by atoms with Gasteiger partial charge in [-0.25, -0.2) is 4.98 Å². The zero-order chi connectivity index (χ0) is 18.0. The van der Waals surface area contributed by atoms with Gasteiger partial charge in [0.15, 0.2) is 5.82 Å². The first-order valence-electron chi connectivity index (χ1n) is 9.36. The van der Waals surface area contributed by atoms with Gasteiger partial charge in [-0.2, -0.15) is 5.10 Å². The van der Waals surface area contributed by atoms with Gasteiger partial charge in [-0.15, -0.1) is 0 Å². The number of unbranched alkanes of at least 4 members (excludes halogenated alkanes) is 1. The molecule has 0 atom stereocenters. The number of rotatable bonds is 9. The zero-order valence-corrected chi connectivity index (χ0v) is 15.1. The predicted octanol–water partition coefficient (Wildman–Crippen LogP) is 3.00. The molecule has 0 radical (unpaired) electrons. The Morgan fingerprint density at radius 1 is 1.23 bits per heavy atom. The van der Waals surface area contributed by atoms with Crippen molar-refractivity contribution in [3.05, 3.63) is 41.5 Å². The number of hydrogen-bond acceptors (Lipinski definition) is 6. The monoisotopic (exact) mass is 357 g/mol. The van der Waals surface area contributed by atoms with Crippen LogP contribution in [0.4, 0.5) is 0 Å². The van der Waals surface area contributed by atoms with Crippen molar-refractivity contribution in [1.82, 2.24) is 20.1 Å². The summed E-state index contributed by atoms with van der Waals surface area (Å²) >= 11 is 0. The van der Waals surface area contributed by atoms with Crippen LogP contribution in [0.2, 0.25) is 0 Å². The van der Waals surface area contributed by atoms with E-state index in [1.54, 1.807) is 0 Å². The lowest BCUT2D eigenvalue weighted by Crippen LogP contribution is -2.29. The second kappa shape index (κ2) is 9.91. The Kier molecular flexibility index (Phi) is 7.01. The lowest BCUT2D eigenvalue weighted by molar-refractivity contribution is 0.220. The number of oxime groups is 1. The minimum Gasteiger partial charge on any atom is -0.494 e. The van der Waals surface area contributed by atoms with E-state index >= 15 is 0 Å². The molecule has 140 valence electrons.